The van der Waals surface area contributed by atoms with E-state index in [4.69, 9.17) is 19.2 Å². The van der Waals surface area contributed by atoms with E-state index in [9.17, 15) is 0 Å². The van der Waals surface area contributed by atoms with Gasteiger partial charge in [-0.2, -0.15) is 0 Å². The molecule has 7 nitrogen and oxygen atoms in total. The van der Waals surface area contributed by atoms with Crippen molar-refractivity contribution in [1.29, 1.82) is 0 Å². The Kier molecular flexibility index (Phi) is 8.58. The number of ether oxygens (including phenoxy) is 3. The van der Waals surface area contributed by atoms with Gasteiger partial charge in [0.25, 0.3) is 0 Å². The van der Waals surface area contributed by atoms with Crippen LogP contribution in [0.5, 0.6) is 0 Å². The van der Waals surface area contributed by atoms with E-state index in [0.717, 1.165) is 91.1 Å². The van der Waals surface area contributed by atoms with Gasteiger partial charge in [-0.3, -0.25) is 9.89 Å². The quantitative estimate of drug-likeness (QED) is 0.367. The predicted octanol–water partition coefficient (Wildman–Crippen LogP) is 1.98. The van der Waals surface area contributed by atoms with Crippen molar-refractivity contribution in [1.82, 2.24) is 15.1 Å². The van der Waals surface area contributed by atoms with Gasteiger partial charge in [-0.05, 0) is 25.3 Å². The Morgan fingerprint density at radius 3 is 2.94 bits per heavy atom. The van der Waals surface area contributed by atoms with Gasteiger partial charge >= 0.3 is 0 Å². The Morgan fingerprint density at radius 1 is 1.23 bits per heavy atom. The average molecular weight is 431 g/mol. The fraction of sp³-hybridized carbons (Fsp3) is 0.708. The second-order valence-electron chi connectivity index (χ2n) is 8.73. The van der Waals surface area contributed by atoms with Crippen molar-refractivity contribution in [2.45, 2.75) is 38.5 Å². The van der Waals surface area contributed by atoms with Crippen LogP contribution in [0.3, 0.4) is 0 Å². The molecule has 1 N–H and O–H groups in total. The van der Waals surface area contributed by atoms with Gasteiger partial charge in [0.2, 0.25) is 0 Å². The molecule has 3 unspecified atom stereocenters. The number of guanidine groups is 1. The number of aliphatic imine (C=N–C) groups is 1. The predicted molar refractivity (Wildman–Crippen MR) is 122 cm³/mol. The summed E-state index contributed by atoms with van der Waals surface area (Å²) < 4.78 is 17.4. The highest BCUT2D eigenvalue weighted by molar-refractivity contribution is 5.80. The molecule has 3 heterocycles. The van der Waals surface area contributed by atoms with Crippen molar-refractivity contribution in [3.05, 3.63) is 35.9 Å². The molecule has 7 heteroatoms. The molecule has 4 rings (SSSR count). The topological polar surface area (TPSA) is 58.6 Å². The van der Waals surface area contributed by atoms with Crippen LogP contribution in [-0.2, 0) is 20.8 Å². The van der Waals surface area contributed by atoms with E-state index in [1.165, 1.54) is 5.56 Å². The van der Waals surface area contributed by atoms with Crippen molar-refractivity contribution >= 4 is 5.96 Å². The first kappa shape index (κ1) is 22.5. The maximum absolute atomic E-state index is 6.14. The molecule has 31 heavy (non-hydrogen) atoms. The lowest BCUT2D eigenvalue weighted by Crippen LogP contribution is -2.50. The highest BCUT2D eigenvalue weighted by Crippen LogP contribution is 2.24. The summed E-state index contributed by atoms with van der Waals surface area (Å²) in [5.41, 5.74) is 1.37. The lowest BCUT2D eigenvalue weighted by Gasteiger charge is -2.36. The smallest absolute Gasteiger partial charge is 0.194 e. The van der Waals surface area contributed by atoms with Gasteiger partial charge in [-0.25, -0.2) is 0 Å². The van der Waals surface area contributed by atoms with Crippen LogP contribution in [0.15, 0.2) is 35.3 Å². The van der Waals surface area contributed by atoms with Crippen LogP contribution in [0.1, 0.15) is 25.3 Å². The van der Waals surface area contributed by atoms with Crippen LogP contribution in [0.4, 0.5) is 0 Å². The molecular weight excluding hydrogens is 392 g/mol. The zero-order valence-corrected chi connectivity index (χ0v) is 18.9. The molecule has 1 aromatic rings. The molecule has 0 aromatic heterocycles. The van der Waals surface area contributed by atoms with Gasteiger partial charge in [0, 0.05) is 58.4 Å². The Labute approximate surface area is 186 Å². The van der Waals surface area contributed by atoms with E-state index >= 15 is 0 Å². The summed E-state index contributed by atoms with van der Waals surface area (Å²) >= 11 is 0. The maximum Gasteiger partial charge on any atom is 0.194 e. The molecule has 3 aliphatic rings. The molecule has 3 fully saturated rings. The lowest BCUT2D eigenvalue weighted by molar-refractivity contribution is -0.0502. The zero-order valence-electron chi connectivity index (χ0n) is 18.9. The molecule has 172 valence electrons. The summed E-state index contributed by atoms with van der Waals surface area (Å²) in [5, 5.41) is 3.48. The SMILES string of the molecule is CCNC(=NCCCOCC1CCOC1)N1CC2OCCN(Cc3ccccc3)C2C1. The largest absolute Gasteiger partial charge is 0.381 e. The normalized spacial score (nSPS) is 26.9. The van der Waals surface area contributed by atoms with E-state index in [0.29, 0.717) is 12.0 Å². The van der Waals surface area contributed by atoms with Crippen molar-refractivity contribution in [3.63, 3.8) is 0 Å². The van der Waals surface area contributed by atoms with Crippen molar-refractivity contribution in [2.24, 2.45) is 10.9 Å². The lowest BCUT2D eigenvalue weighted by atomic mass is 10.1. The molecule has 0 aliphatic carbocycles. The first-order chi connectivity index (χ1) is 15.3. The summed E-state index contributed by atoms with van der Waals surface area (Å²) in [5.74, 6) is 1.58. The van der Waals surface area contributed by atoms with Gasteiger partial charge in [0.15, 0.2) is 5.96 Å². The first-order valence-electron chi connectivity index (χ1n) is 11.9. The number of nitrogens with zero attached hydrogens (tertiary/aromatic N) is 3. The highest BCUT2D eigenvalue weighted by Gasteiger charge is 2.41. The minimum absolute atomic E-state index is 0.248. The second kappa shape index (κ2) is 11.8. The number of nitrogens with one attached hydrogen (secondary N) is 1. The van der Waals surface area contributed by atoms with E-state index < -0.39 is 0 Å². The van der Waals surface area contributed by atoms with Gasteiger partial charge in [0.1, 0.15) is 0 Å². The van der Waals surface area contributed by atoms with Crippen LogP contribution in [-0.4, -0.2) is 93.7 Å². The number of benzene rings is 1. The molecule has 0 spiro atoms. The van der Waals surface area contributed by atoms with Crippen molar-refractivity contribution < 1.29 is 14.2 Å². The molecular formula is C24H38N4O3. The molecule has 3 saturated heterocycles. The van der Waals surface area contributed by atoms with E-state index in [-0.39, 0.29) is 6.10 Å². The number of hydrogen-bond donors (Lipinski definition) is 1. The average Bonchev–Trinajstić information content (AvgIpc) is 3.46. The molecule has 3 aliphatic heterocycles. The minimum atomic E-state index is 0.248. The summed E-state index contributed by atoms with van der Waals surface area (Å²) in [6, 6.07) is 11.2. The molecule has 0 saturated carbocycles. The number of rotatable bonds is 9. The number of fused-ring (bicyclic) bond motifs is 1. The molecule has 3 atom stereocenters. The van der Waals surface area contributed by atoms with E-state index in [1.807, 2.05) is 0 Å². The standard InChI is InChI=1S/C24H38N4O3/c1-2-25-24(26-10-6-12-29-18-21-9-13-30-19-21)28-16-22-23(17-28)31-14-11-27(22)15-20-7-4-3-5-8-20/h3-5,7-8,21-23H,2,6,9-19H2,1H3,(H,25,26). The Balaban J connectivity index is 1.26. The summed E-state index contributed by atoms with van der Waals surface area (Å²) in [4.78, 5) is 9.84. The van der Waals surface area contributed by atoms with Crippen molar-refractivity contribution in [3.8, 4) is 0 Å². The molecule has 0 amide bonds. The molecule has 0 radical (unpaired) electrons. The molecule has 0 bridgehead atoms. The van der Waals surface area contributed by atoms with Gasteiger partial charge in [-0.15, -0.1) is 0 Å². The number of hydrogen-bond acceptors (Lipinski definition) is 5. The molecule has 1 aromatic carbocycles. The third-order valence-corrected chi connectivity index (χ3v) is 6.37. The van der Waals surface area contributed by atoms with E-state index in [2.05, 4.69) is 52.4 Å². The fourth-order valence-electron chi connectivity index (χ4n) is 4.69. The zero-order chi connectivity index (χ0) is 21.3. The van der Waals surface area contributed by atoms with E-state index in [1.54, 1.807) is 0 Å². The van der Waals surface area contributed by atoms with Crippen LogP contribution in [0.2, 0.25) is 0 Å². The fourth-order valence-corrected chi connectivity index (χ4v) is 4.69. The first-order valence-corrected chi connectivity index (χ1v) is 11.9. The Bertz CT molecular complexity index is 681. The van der Waals surface area contributed by atoms with Crippen LogP contribution in [0.25, 0.3) is 0 Å². The van der Waals surface area contributed by atoms with Gasteiger partial charge in [-0.1, -0.05) is 30.3 Å². The van der Waals surface area contributed by atoms with Crippen LogP contribution < -0.4 is 5.32 Å². The van der Waals surface area contributed by atoms with Gasteiger partial charge in [0.05, 0.1) is 32.0 Å². The van der Waals surface area contributed by atoms with Crippen LogP contribution >= 0.6 is 0 Å². The van der Waals surface area contributed by atoms with Crippen molar-refractivity contribution in [2.75, 3.05) is 65.8 Å². The number of morpholine rings is 1. The maximum atomic E-state index is 6.14. The third kappa shape index (κ3) is 6.42. The second-order valence-corrected chi connectivity index (χ2v) is 8.73. The minimum Gasteiger partial charge on any atom is -0.381 e. The third-order valence-electron chi connectivity index (χ3n) is 6.37. The summed E-state index contributed by atoms with van der Waals surface area (Å²) in [7, 11) is 0. The van der Waals surface area contributed by atoms with Gasteiger partial charge < -0.3 is 24.4 Å². The van der Waals surface area contributed by atoms with Crippen LogP contribution in [0, 0.1) is 5.92 Å². The Hall–Kier alpha value is -1.67. The number of likely N-dealkylation sites (tertiary alicyclic amines) is 1. The monoisotopic (exact) mass is 430 g/mol. The summed E-state index contributed by atoms with van der Waals surface area (Å²) in [6.45, 7) is 11.7. The summed E-state index contributed by atoms with van der Waals surface area (Å²) in [6.07, 6.45) is 2.32. The Morgan fingerprint density at radius 2 is 2.13 bits per heavy atom. The highest BCUT2D eigenvalue weighted by atomic mass is 16.5.